The summed E-state index contributed by atoms with van der Waals surface area (Å²) in [7, 11) is 0. The van der Waals surface area contributed by atoms with Gasteiger partial charge in [0.15, 0.2) is 0 Å². The van der Waals surface area contributed by atoms with Gasteiger partial charge in [-0.25, -0.2) is 4.68 Å². The van der Waals surface area contributed by atoms with Gasteiger partial charge in [-0.3, -0.25) is 0 Å². The first kappa shape index (κ1) is 13.2. The number of nitrogens with one attached hydrogen (secondary N) is 1. The molecule has 1 aromatic heterocycles. The number of hydrogen-bond acceptors (Lipinski definition) is 2. The molecule has 0 saturated carbocycles. The number of aromatic nitrogens is 2. The van der Waals surface area contributed by atoms with E-state index in [2.05, 4.69) is 53.2 Å². The zero-order valence-electron chi connectivity index (χ0n) is 12.4. The van der Waals surface area contributed by atoms with E-state index in [1.54, 1.807) is 0 Å². The van der Waals surface area contributed by atoms with Crippen molar-refractivity contribution >= 4 is 5.82 Å². The Morgan fingerprint density at radius 2 is 2.05 bits per heavy atom. The first-order valence-corrected chi connectivity index (χ1v) is 7.72. The monoisotopic (exact) mass is 269 g/mol. The van der Waals surface area contributed by atoms with Gasteiger partial charge in [0.05, 0.1) is 12.2 Å². The summed E-state index contributed by atoms with van der Waals surface area (Å²) in [5.74, 6) is 1.21. The predicted octanol–water partition coefficient (Wildman–Crippen LogP) is 3.80. The largest absolute Gasteiger partial charge is 0.370 e. The molecule has 1 atom stereocenters. The second kappa shape index (κ2) is 5.70. The Balaban J connectivity index is 1.90. The zero-order valence-corrected chi connectivity index (χ0v) is 12.4. The van der Waals surface area contributed by atoms with Crippen molar-refractivity contribution in [2.24, 2.45) is 0 Å². The van der Waals surface area contributed by atoms with E-state index in [1.807, 2.05) is 6.20 Å². The van der Waals surface area contributed by atoms with Crippen LogP contribution in [0.3, 0.4) is 0 Å². The van der Waals surface area contributed by atoms with Crippen LogP contribution in [-0.2, 0) is 12.8 Å². The number of benzene rings is 1. The molecule has 3 nitrogen and oxygen atoms in total. The third-order valence-corrected chi connectivity index (χ3v) is 4.16. The molecule has 0 saturated heterocycles. The van der Waals surface area contributed by atoms with E-state index in [-0.39, 0.29) is 0 Å². The summed E-state index contributed by atoms with van der Waals surface area (Å²) in [5, 5.41) is 8.09. The minimum atomic E-state index is 0.377. The Morgan fingerprint density at radius 3 is 2.75 bits per heavy atom. The molecule has 0 radical (unpaired) electrons. The number of anilines is 1. The van der Waals surface area contributed by atoms with Crippen molar-refractivity contribution in [3.05, 3.63) is 47.2 Å². The molecule has 0 amide bonds. The maximum Gasteiger partial charge on any atom is 0.128 e. The van der Waals surface area contributed by atoms with E-state index in [4.69, 9.17) is 0 Å². The van der Waals surface area contributed by atoms with Gasteiger partial charge in [-0.05, 0) is 30.4 Å². The average Bonchev–Trinajstić information content (AvgIpc) is 2.91. The molecule has 1 aromatic carbocycles. The van der Waals surface area contributed by atoms with Gasteiger partial charge in [-0.2, -0.15) is 5.10 Å². The van der Waals surface area contributed by atoms with Crippen LogP contribution in [0.2, 0.25) is 0 Å². The molecular formula is C17H23N3. The fraction of sp³-hybridized carbons (Fsp3) is 0.471. The number of fused-ring (bicyclic) bond motifs is 1. The van der Waals surface area contributed by atoms with Crippen LogP contribution in [0.1, 0.15) is 49.4 Å². The normalized spacial score (nSPS) is 17.6. The van der Waals surface area contributed by atoms with Crippen molar-refractivity contribution in [2.45, 2.75) is 45.6 Å². The molecule has 1 aliphatic rings. The molecule has 2 heterocycles. The summed E-state index contributed by atoms with van der Waals surface area (Å²) < 4.78 is 2.16. The van der Waals surface area contributed by atoms with Crippen molar-refractivity contribution in [2.75, 3.05) is 11.9 Å². The third-order valence-electron chi connectivity index (χ3n) is 4.16. The molecule has 1 N–H and O–H groups in total. The lowest BCUT2D eigenvalue weighted by atomic mass is 9.99. The molecule has 3 heteroatoms. The number of aryl methyl sites for hydroxylation is 2. The molecule has 3 rings (SSSR count). The first-order valence-electron chi connectivity index (χ1n) is 7.72. The second-order valence-corrected chi connectivity index (χ2v) is 5.54. The molecule has 0 fully saturated rings. The van der Waals surface area contributed by atoms with E-state index in [1.165, 1.54) is 35.3 Å². The van der Waals surface area contributed by atoms with Gasteiger partial charge in [-0.15, -0.1) is 0 Å². The molecule has 0 spiro atoms. The van der Waals surface area contributed by atoms with Gasteiger partial charge >= 0.3 is 0 Å². The Morgan fingerprint density at radius 1 is 1.25 bits per heavy atom. The third kappa shape index (κ3) is 2.33. The topological polar surface area (TPSA) is 29.9 Å². The zero-order chi connectivity index (χ0) is 13.9. The van der Waals surface area contributed by atoms with E-state index in [0.717, 1.165) is 19.4 Å². The highest BCUT2D eigenvalue weighted by Crippen LogP contribution is 2.31. The number of nitrogens with zero attached hydrogens (tertiary/aromatic N) is 2. The quantitative estimate of drug-likeness (QED) is 0.915. The highest BCUT2D eigenvalue weighted by atomic mass is 15.4. The van der Waals surface area contributed by atoms with Gasteiger partial charge in [0, 0.05) is 12.1 Å². The summed E-state index contributed by atoms with van der Waals surface area (Å²) in [6.45, 7) is 5.44. The van der Waals surface area contributed by atoms with Crippen molar-refractivity contribution in [3.63, 3.8) is 0 Å². The summed E-state index contributed by atoms with van der Waals surface area (Å²) in [4.78, 5) is 0. The van der Waals surface area contributed by atoms with E-state index >= 15 is 0 Å². The van der Waals surface area contributed by atoms with E-state index in [9.17, 15) is 0 Å². The van der Waals surface area contributed by atoms with Crippen LogP contribution in [0.15, 0.2) is 30.5 Å². The molecule has 1 unspecified atom stereocenters. The standard InChI is InChI=1S/C17H23N3/c1-3-5-13-6-8-15(9-7-13)16-10-11-18-17-14(4-2)12-19-20(16)17/h6-9,12,16,18H,3-5,10-11H2,1-2H3. The lowest BCUT2D eigenvalue weighted by Crippen LogP contribution is -2.24. The minimum Gasteiger partial charge on any atom is -0.370 e. The van der Waals surface area contributed by atoms with Gasteiger partial charge in [0.25, 0.3) is 0 Å². The van der Waals surface area contributed by atoms with Crippen LogP contribution in [0.5, 0.6) is 0 Å². The number of hydrogen-bond donors (Lipinski definition) is 1. The summed E-state index contributed by atoms with van der Waals surface area (Å²) >= 11 is 0. The highest BCUT2D eigenvalue weighted by molar-refractivity contribution is 5.47. The molecule has 1 aliphatic heterocycles. The molecule has 0 aliphatic carbocycles. The smallest absolute Gasteiger partial charge is 0.128 e. The minimum absolute atomic E-state index is 0.377. The highest BCUT2D eigenvalue weighted by Gasteiger charge is 2.23. The van der Waals surface area contributed by atoms with Crippen molar-refractivity contribution in [3.8, 4) is 0 Å². The van der Waals surface area contributed by atoms with Crippen LogP contribution in [0, 0.1) is 0 Å². The van der Waals surface area contributed by atoms with Crippen LogP contribution in [-0.4, -0.2) is 16.3 Å². The fourth-order valence-electron chi connectivity index (χ4n) is 3.04. The average molecular weight is 269 g/mol. The summed E-state index contributed by atoms with van der Waals surface area (Å²) in [6.07, 6.45) is 6.51. The fourth-order valence-corrected chi connectivity index (χ4v) is 3.04. The van der Waals surface area contributed by atoms with Gasteiger partial charge in [-0.1, -0.05) is 44.5 Å². The Bertz CT molecular complexity index is 568. The lowest BCUT2D eigenvalue weighted by molar-refractivity contribution is 0.481. The molecular weight excluding hydrogens is 246 g/mol. The van der Waals surface area contributed by atoms with Crippen LogP contribution < -0.4 is 5.32 Å². The van der Waals surface area contributed by atoms with Gasteiger partial charge in [0.1, 0.15) is 5.82 Å². The molecule has 2 aromatic rings. The Kier molecular flexibility index (Phi) is 3.77. The van der Waals surface area contributed by atoms with Crippen LogP contribution in [0.25, 0.3) is 0 Å². The Hall–Kier alpha value is -1.77. The van der Waals surface area contributed by atoms with Gasteiger partial charge < -0.3 is 5.32 Å². The summed E-state index contributed by atoms with van der Waals surface area (Å²) in [6, 6.07) is 9.47. The first-order chi connectivity index (χ1) is 9.83. The van der Waals surface area contributed by atoms with E-state index in [0.29, 0.717) is 6.04 Å². The molecule has 0 bridgehead atoms. The number of rotatable bonds is 4. The van der Waals surface area contributed by atoms with Crippen molar-refractivity contribution < 1.29 is 0 Å². The van der Waals surface area contributed by atoms with Crippen LogP contribution >= 0.6 is 0 Å². The van der Waals surface area contributed by atoms with Crippen molar-refractivity contribution in [1.82, 2.24) is 9.78 Å². The van der Waals surface area contributed by atoms with Crippen LogP contribution in [0.4, 0.5) is 5.82 Å². The lowest BCUT2D eigenvalue weighted by Gasteiger charge is -2.27. The molecule has 20 heavy (non-hydrogen) atoms. The maximum atomic E-state index is 4.60. The predicted molar refractivity (Wildman–Crippen MR) is 83.3 cm³/mol. The second-order valence-electron chi connectivity index (χ2n) is 5.54. The SMILES string of the molecule is CCCc1ccc(C2CCNc3c(CC)cnn32)cc1. The maximum absolute atomic E-state index is 4.60. The summed E-state index contributed by atoms with van der Waals surface area (Å²) in [5.41, 5.74) is 4.12. The molecule has 106 valence electrons. The van der Waals surface area contributed by atoms with E-state index < -0.39 is 0 Å². The van der Waals surface area contributed by atoms with Gasteiger partial charge in [0.2, 0.25) is 0 Å². The Labute approximate surface area is 121 Å². The van der Waals surface area contributed by atoms with Crippen molar-refractivity contribution in [1.29, 1.82) is 0 Å².